The Kier molecular flexibility index (Phi) is 2.50. The molecule has 0 radical (unpaired) electrons. The molecule has 0 amide bonds. The largest absolute Gasteiger partial charge is 0.392 e. The van der Waals surface area contributed by atoms with E-state index in [1.54, 1.807) is 7.11 Å². The topological polar surface area (TPSA) is 47.9 Å². The number of methoxy groups -OCH3 is 1. The van der Waals surface area contributed by atoms with Crippen LogP contribution in [0.4, 0.5) is 0 Å². The summed E-state index contributed by atoms with van der Waals surface area (Å²) in [6.45, 7) is 1.22. The highest BCUT2D eigenvalue weighted by molar-refractivity contribution is 5.22. The van der Waals surface area contributed by atoms with Crippen molar-refractivity contribution in [2.45, 2.75) is 36.8 Å². The highest BCUT2D eigenvalue weighted by Gasteiger charge is 2.73. The number of hydrogen-bond donors (Lipinski definition) is 1. The molecule has 2 aliphatic carbocycles. The lowest BCUT2D eigenvalue weighted by Gasteiger charge is -2.63. The summed E-state index contributed by atoms with van der Waals surface area (Å²) < 4.78 is 17.3. The van der Waals surface area contributed by atoms with Crippen molar-refractivity contribution in [3.63, 3.8) is 0 Å². The first-order valence-electron chi connectivity index (χ1n) is 6.16. The van der Waals surface area contributed by atoms with Crippen LogP contribution in [0.1, 0.15) is 19.3 Å². The van der Waals surface area contributed by atoms with E-state index < -0.39 is 17.5 Å². The summed E-state index contributed by atoms with van der Waals surface area (Å²) in [5.74, 6) is 2.09. The molecule has 3 aliphatic rings. The van der Waals surface area contributed by atoms with E-state index in [1.165, 1.54) is 0 Å². The average molecular weight is 238 g/mol. The fourth-order valence-electron chi connectivity index (χ4n) is 3.83. The average Bonchev–Trinajstić information content (AvgIpc) is 2.81. The number of aliphatic hydroxyl groups is 1. The van der Waals surface area contributed by atoms with Crippen LogP contribution in [-0.2, 0) is 14.2 Å². The third-order valence-electron chi connectivity index (χ3n) is 4.70. The Bertz CT molecular complexity index is 355. The minimum Gasteiger partial charge on any atom is -0.392 e. The van der Waals surface area contributed by atoms with Crippen molar-refractivity contribution in [3.8, 4) is 12.3 Å². The number of aliphatic hydroxyl groups excluding tert-OH is 1. The van der Waals surface area contributed by atoms with E-state index in [9.17, 15) is 5.11 Å². The van der Waals surface area contributed by atoms with Crippen molar-refractivity contribution < 1.29 is 19.3 Å². The van der Waals surface area contributed by atoms with E-state index in [4.69, 9.17) is 20.6 Å². The van der Waals surface area contributed by atoms with Gasteiger partial charge in [0.05, 0.1) is 25.2 Å². The summed E-state index contributed by atoms with van der Waals surface area (Å²) in [5, 5.41) is 9.95. The molecule has 2 saturated carbocycles. The Balaban J connectivity index is 1.92. The maximum Gasteiger partial charge on any atom is 0.198 e. The smallest absolute Gasteiger partial charge is 0.198 e. The molecular weight excluding hydrogens is 220 g/mol. The summed E-state index contributed by atoms with van der Waals surface area (Å²) in [5.41, 5.74) is -0.459. The van der Waals surface area contributed by atoms with Crippen LogP contribution in [0.25, 0.3) is 0 Å². The van der Waals surface area contributed by atoms with Gasteiger partial charge >= 0.3 is 0 Å². The molecule has 1 aliphatic heterocycles. The minimum atomic E-state index is -0.609. The Morgan fingerprint density at radius 2 is 2.12 bits per heavy atom. The van der Waals surface area contributed by atoms with Crippen LogP contribution in [0.3, 0.4) is 0 Å². The molecular formula is C13H18O4. The third kappa shape index (κ3) is 1.23. The van der Waals surface area contributed by atoms with Gasteiger partial charge in [0.25, 0.3) is 0 Å². The van der Waals surface area contributed by atoms with Gasteiger partial charge in [-0.05, 0) is 12.8 Å². The van der Waals surface area contributed by atoms with Crippen molar-refractivity contribution in [2.24, 2.45) is 11.8 Å². The molecule has 3 fully saturated rings. The zero-order valence-electron chi connectivity index (χ0n) is 10.0. The Labute approximate surface area is 101 Å². The van der Waals surface area contributed by atoms with Crippen LogP contribution in [0, 0.1) is 24.2 Å². The second-order valence-corrected chi connectivity index (χ2v) is 5.15. The molecule has 0 aromatic heterocycles. The molecule has 1 N–H and O–H groups in total. The summed E-state index contributed by atoms with van der Waals surface area (Å²) in [4.78, 5) is 0. The molecule has 17 heavy (non-hydrogen) atoms. The van der Waals surface area contributed by atoms with Gasteiger partial charge in [-0.3, -0.25) is 0 Å². The van der Waals surface area contributed by atoms with Crippen molar-refractivity contribution >= 4 is 0 Å². The molecule has 4 heteroatoms. The second-order valence-electron chi connectivity index (χ2n) is 5.15. The lowest BCUT2D eigenvalue weighted by Crippen LogP contribution is -2.74. The SMILES string of the molecule is C#C[C@H]1[C@H](O)CC[C@@]2(OC)[C@@H]1CC21OCCO1. The standard InChI is InChI=1S/C13H18O4/c1-3-9-10-8-13(16-6-7-17-13)12(10,15-2)5-4-11(9)14/h1,9-11,14H,4-8H2,2H3/t9-,10-,11-,12-/m1/s1. The molecule has 0 bridgehead atoms. The van der Waals surface area contributed by atoms with Gasteiger partial charge in [0.2, 0.25) is 0 Å². The van der Waals surface area contributed by atoms with Gasteiger partial charge in [0.1, 0.15) is 5.60 Å². The van der Waals surface area contributed by atoms with Crippen LogP contribution in [0.15, 0.2) is 0 Å². The molecule has 3 rings (SSSR count). The normalized spacial score (nSPS) is 47.2. The van der Waals surface area contributed by atoms with Gasteiger partial charge in [-0.15, -0.1) is 12.3 Å². The van der Waals surface area contributed by atoms with Gasteiger partial charge in [0.15, 0.2) is 5.79 Å². The predicted molar refractivity (Wildman–Crippen MR) is 60.0 cm³/mol. The minimum absolute atomic E-state index is 0.138. The summed E-state index contributed by atoms with van der Waals surface area (Å²) in [6, 6.07) is 0. The van der Waals surface area contributed by atoms with Gasteiger partial charge in [-0.25, -0.2) is 0 Å². The van der Waals surface area contributed by atoms with Crippen LogP contribution < -0.4 is 0 Å². The summed E-state index contributed by atoms with van der Waals surface area (Å²) >= 11 is 0. The van der Waals surface area contributed by atoms with Crippen molar-refractivity contribution in [3.05, 3.63) is 0 Å². The molecule has 4 nitrogen and oxygen atoms in total. The summed E-state index contributed by atoms with van der Waals surface area (Å²) in [7, 11) is 1.68. The number of ether oxygens (including phenoxy) is 3. The van der Waals surface area contributed by atoms with Gasteiger partial charge in [-0.1, -0.05) is 0 Å². The number of hydrogen-bond acceptors (Lipinski definition) is 4. The molecule has 1 spiro atoms. The molecule has 0 aromatic carbocycles. The second kappa shape index (κ2) is 3.69. The van der Waals surface area contributed by atoms with Crippen molar-refractivity contribution in [2.75, 3.05) is 20.3 Å². The predicted octanol–water partition coefficient (Wildman–Crippen LogP) is 0.539. The first-order chi connectivity index (χ1) is 8.19. The highest BCUT2D eigenvalue weighted by Crippen LogP contribution is 2.62. The number of terminal acetylenes is 1. The lowest BCUT2D eigenvalue weighted by molar-refractivity contribution is -0.381. The number of rotatable bonds is 1. The third-order valence-corrected chi connectivity index (χ3v) is 4.70. The van der Waals surface area contributed by atoms with Gasteiger partial charge in [-0.2, -0.15) is 0 Å². The first-order valence-corrected chi connectivity index (χ1v) is 6.16. The zero-order valence-corrected chi connectivity index (χ0v) is 10.0. The molecule has 0 aromatic rings. The Hall–Kier alpha value is -0.600. The molecule has 0 unspecified atom stereocenters. The molecule has 1 heterocycles. The zero-order chi connectivity index (χ0) is 12.1. The maximum absolute atomic E-state index is 9.95. The van der Waals surface area contributed by atoms with Crippen LogP contribution in [0.5, 0.6) is 0 Å². The van der Waals surface area contributed by atoms with Crippen LogP contribution in [-0.4, -0.2) is 42.9 Å². The van der Waals surface area contributed by atoms with E-state index >= 15 is 0 Å². The first kappa shape index (κ1) is 11.5. The summed E-state index contributed by atoms with van der Waals surface area (Å²) in [6.07, 6.45) is 7.23. The number of fused-ring (bicyclic) bond motifs is 2. The van der Waals surface area contributed by atoms with Gasteiger partial charge < -0.3 is 19.3 Å². The molecule has 1 saturated heterocycles. The van der Waals surface area contributed by atoms with Crippen molar-refractivity contribution in [1.29, 1.82) is 0 Å². The van der Waals surface area contributed by atoms with Gasteiger partial charge in [0, 0.05) is 19.4 Å². The van der Waals surface area contributed by atoms with E-state index in [-0.39, 0.29) is 11.8 Å². The lowest BCUT2D eigenvalue weighted by atomic mass is 9.52. The molecule has 94 valence electrons. The highest BCUT2D eigenvalue weighted by atomic mass is 16.8. The van der Waals surface area contributed by atoms with E-state index in [2.05, 4.69) is 5.92 Å². The monoisotopic (exact) mass is 238 g/mol. The van der Waals surface area contributed by atoms with E-state index in [1.807, 2.05) is 0 Å². The van der Waals surface area contributed by atoms with Crippen LogP contribution >= 0.6 is 0 Å². The van der Waals surface area contributed by atoms with Crippen molar-refractivity contribution in [1.82, 2.24) is 0 Å². The Morgan fingerprint density at radius 3 is 2.71 bits per heavy atom. The van der Waals surface area contributed by atoms with E-state index in [0.29, 0.717) is 19.6 Å². The quantitative estimate of drug-likeness (QED) is 0.677. The molecule has 4 atom stereocenters. The maximum atomic E-state index is 9.95. The fourth-order valence-corrected chi connectivity index (χ4v) is 3.83. The Morgan fingerprint density at radius 1 is 1.41 bits per heavy atom. The fraction of sp³-hybridized carbons (Fsp3) is 0.846. The van der Waals surface area contributed by atoms with E-state index in [0.717, 1.165) is 12.8 Å². The van der Waals surface area contributed by atoms with Crippen LogP contribution in [0.2, 0.25) is 0 Å².